The van der Waals surface area contributed by atoms with Crippen LogP contribution in [0.2, 0.25) is 0 Å². The van der Waals surface area contributed by atoms with Crippen molar-refractivity contribution in [3.05, 3.63) is 24.3 Å². The quantitative estimate of drug-likeness (QED) is 0.665. The topological polar surface area (TPSA) is 97.5 Å². The van der Waals surface area contributed by atoms with E-state index >= 15 is 0 Å². The van der Waals surface area contributed by atoms with E-state index in [1.807, 2.05) is 0 Å². The summed E-state index contributed by atoms with van der Waals surface area (Å²) in [6.07, 6.45) is 0.428. The van der Waals surface area contributed by atoms with Crippen LogP contribution in [0.1, 0.15) is 20.3 Å². The highest BCUT2D eigenvalue weighted by atomic mass is 35.5. The second kappa shape index (κ2) is 5.08. The van der Waals surface area contributed by atoms with Gasteiger partial charge in [-0.25, -0.2) is 18.5 Å². The lowest BCUT2D eigenvalue weighted by Crippen LogP contribution is -2.34. The molecule has 2 N–H and O–H groups in total. The molecule has 1 aromatic rings. The van der Waals surface area contributed by atoms with Crippen molar-refractivity contribution in [3.63, 3.8) is 0 Å². The number of benzene rings is 1. The maximum atomic E-state index is 12.4. The molecule has 0 bridgehead atoms. The number of imide groups is 1. The van der Waals surface area contributed by atoms with Crippen LogP contribution in [-0.4, -0.2) is 25.6 Å². The fraction of sp³-hybridized carbons (Fsp3) is 0.385. The molecule has 0 aromatic heterocycles. The van der Waals surface area contributed by atoms with Crippen LogP contribution in [0.3, 0.4) is 0 Å². The molecule has 2 unspecified atom stereocenters. The number of hydrogen-bond acceptors (Lipinski definition) is 4. The number of sulfonamides is 1. The van der Waals surface area contributed by atoms with Crippen LogP contribution >= 0.6 is 11.6 Å². The van der Waals surface area contributed by atoms with Gasteiger partial charge in [0.1, 0.15) is 5.38 Å². The maximum absolute atomic E-state index is 12.4. The molecule has 0 radical (unpaired) electrons. The monoisotopic (exact) mass is 330 g/mol. The SMILES string of the molecule is CCC1(C)C(=O)N(c2ccc(S(N)(=O)=O)cc2)C(=O)C1Cl. The minimum absolute atomic E-state index is 0.0916. The van der Waals surface area contributed by atoms with Gasteiger partial charge in [-0.1, -0.05) is 6.92 Å². The molecule has 2 amide bonds. The van der Waals surface area contributed by atoms with Crippen molar-refractivity contribution in [1.82, 2.24) is 0 Å². The van der Waals surface area contributed by atoms with Crippen LogP contribution in [0.5, 0.6) is 0 Å². The summed E-state index contributed by atoms with van der Waals surface area (Å²) >= 11 is 6.09. The van der Waals surface area contributed by atoms with E-state index in [4.69, 9.17) is 16.7 Å². The molecule has 0 spiro atoms. The summed E-state index contributed by atoms with van der Waals surface area (Å²) in [5.74, 6) is -0.896. The number of rotatable bonds is 3. The Morgan fingerprint density at radius 2 is 1.81 bits per heavy atom. The van der Waals surface area contributed by atoms with Crippen molar-refractivity contribution in [2.45, 2.75) is 30.5 Å². The molecule has 2 atom stereocenters. The summed E-state index contributed by atoms with van der Waals surface area (Å²) < 4.78 is 22.4. The fourth-order valence-electron chi connectivity index (χ4n) is 2.21. The molecule has 1 heterocycles. The van der Waals surface area contributed by atoms with Crippen molar-refractivity contribution < 1.29 is 18.0 Å². The molecular weight excluding hydrogens is 316 g/mol. The Morgan fingerprint density at radius 1 is 1.29 bits per heavy atom. The Kier molecular flexibility index (Phi) is 3.86. The molecule has 1 fully saturated rings. The summed E-state index contributed by atoms with van der Waals surface area (Å²) in [5, 5.41) is 4.07. The van der Waals surface area contributed by atoms with E-state index in [-0.39, 0.29) is 10.6 Å². The first-order valence-electron chi connectivity index (χ1n) is 6.28. The van der Waals surface area contributed by atoms with Crippen LogP contribution in [0.25, 0.3) is 0 Å². The number of primary sulfonamides is 1. The van der Waals surface area contributed by atoms with Crippen molar-refractivity contribution in [2.75, 3.05) is 4.90 Å². The van der Waals surface area contributed by atoms with Gasteiger partial charge in [-0.2, -0.15) is 0 Å². The number of alkyl halides is 1. The summed E-state index contributed by atoms with van der Waals surface area (Å²) in [5.41, 5.74) is -0.683. The van der Waals surface area contributed by atoms with E-state index < -0.39 is 32.6 Å². The minimum atomic E-state index is -3.82. The molecule has 1 aliphatic rings. The largest absolute Gasteiger partial charge is 0.273 e. The average Bonchev–Trinajstić information content (AvgIpc) is 2.60. The number of halogens is 1. The predicted octanol–water partition coefficient (Wildman–Crippen LogP) is 1.23. The van der Waals surface area contributed by atoms with Crippen LogP contribution in [0.4, 0.5) is 5.69 Å². The van der Waals surface area contributed by atoms with E-state index in [2.05, 4.69) is 0 Å². The maximum Gasteiger partial charge on any atom is 0.252 e. The highest BCUT2D eigenvalue weighted by Gasteiger charge is 2.55. The lowest BCUT2D eigenvalue weighted by molar-refractivity contribution is -0.125. The van der Waals surface area contributed by atoms with Gasteiger partial charge in [-0.05, 0) is 37.6 Å². The Hall–Kier alpha value is -1.44. The standard InChI is InChI=1S/C13H15ClN2O4S/c1-3-13(2)10(14)11(17)16(12(13)18)8-4-6-9(7-5-8)21(15,19)20/h4-7,10H,3H2,1-2H3,(H2,15,19,20). The summed E-state index contributed by atoms with van der Waals surface area (Å²) in [6, 6.07) is 5.22. The first-order valence-corrected chi connectivity index (χ1v) is 8.26. The van der Waals surface area contributed by atoms with Crippen LogP contribution in [0.15, 0.2) is 29.2 Å². The molecule has 1 aromatic carbocycles. The summed E-state index contributed by atoms with van der Waals surface area (Å²) in [7, 11) is -3.82. The second-order valence-corrected chi connectivity index (χ2v) is 7.15. The van der Waals surface area contributed by atoms with Crippen LogP contribution in [-0.2, 0) is 19.6 Å². The number of nitrogens with zero attached hydrogens (tertiary/aromatic N) is 1. The molecule has 1 saturated heterocycles. The van der Waals surface area contributed by atoms with E-state index in [1.54, 1.807) is 13.8 Å². The Labute approximate surface area is 127 Å². The van der Waals surface area contributed by atoms with Crippen LogP contribution in [0, 0.1) is 5.41 Å². The van der Waals surface area contributed by atoms with Gasteiger partial charge < -0.3 is 0 Å². The minimum Gasteiger partial charge on any atom is -0.273 e. The number of amides is 2. The van der Waals surface area contributed by atoms with E-state index in [0.717, 1.165) is 4.90 Å². The first kappa shape index (κ1) is 15.9. The normalized spacial score (nSPS) is 26.5. The average molecular weight is 331 g/mol. The third-order valence-corrected chi connectivity index (χ3v) is 5.44. The second-order valence-electron chi connectivity index (χ2n) is 5.15. The zero-order chi connectivity index (χ0) is 16.0. The lowest BCUT2D eigenvalue weighted by atomic mass is 9.85. The highest BCUT2D eigenvalue weighted by Crippen LogP contribution is 2.41. The zero-order valence-corrected chi connectivity index (χ0v) is 13.1. The van der Waals surface area contributed by atoms with Gasteiger partial charge in [0, 0.05) is 0 Å². The van der Waals surface area contributed by atoms with Crippen molar-refractivity contribution in [1.29, 1.82) is 0 Å². The molecule has 2 rings (SSSR count). The van der Waals surface area contributed by atoms with Gasteiger partial charge in [0.05, 0.1) is 16.0 Å². The van der Waals surface area contributed by atoms with E-state index in [1.165, 1.54) is 24.3 Å². The number of carbonyl (C=O) groups excluding carboxylic acids is 2. The van der Waals surface area contributed by atoms with Crippen molar-refractivity contribution in [3.8, 4) is 0 Å². The molecule has 8 heteroatoms. The van der Waals surface area contributed by atoms with Gasteiger partial charge >= 0.3 is 0 Å². The Balaban J connectivity index is 2.44. The molecule has 0 saturated carbocycles. The smallest absolute Gasteiger partial charge is 0.252 e. The zero-order valence-electron chi connectivity index (χ0n) is 11.5. The molecular formula is C13H15ClN2O4S. The number of nitrogens with two attached hydrogens (primary N) is 1. The third kappa shape index (κ3) is 2.45. The van der Waals surface area contributed by atoms with Crippen LogP contribution < -0.4 is 10.0 Å². The van der Waals surface area contributed by atoms with Crippen molar-refractivity contribution >= 4 is 39.1 Å². The van der Waals surface area contributed by atoms with Gasteiger partial charge in [-0.15, -0.1) is 11.6 Å². The summed E-state index contributed by atoms with van der Waals surface area (Å²) in [4.78, 5) is 25.5. The first-order chi connectivity index (χ1) is 9.63. The predicted molar refractivity (Wildman–Crippen MR) is 78.3 cm³/mol. The molecule has 114 valence electrons. The number of hydrogen-bond donors (Lipinski definition) is 1. The number of anilines is 1. The molecule has 1 aliphatic heterocycles. The summed E-state index contributed by atoms with van der Waals surface area (Å²) in [6.45, 7) is 3.43. The molecule has 21 heavy (non-hydrogen) atoms. The molecule has 6 nitrogen and oxygen atoms in total. The van der Waals surface area contributed by atoms with E-state index in [0.29, 0.717) is 6.42 Å². The Bertz CT molecular complexity index is 701. The van der Waals surface area contributed by atoms with Gasteiger partial charge in [0.2, 0.25) is 15.9 Å². The van der Waals surface area contributed by atoms with Gasteiger partial charge in [-0.3, -0.25) is 9.59 Å². The van der Waals surface area contributed by atoms with Gasteiger partial charge in [0.15, 0.2) is 0 Å². The van der Waals surface area contributed by atoms with E-state index in [9.17, 15) is 18.0 Å². The Morgan fingerprint density at radius 3 is 2.19 bits per heavy atom. The third-order valence-electron chi connectivity index (χ3n) is 3.85. The molecule has 0 aliphatic carbocycles. The van der Waals surface area contributed by atoms with Crippen molar-refractivity contribution in [2.24, 2.45) is 10.6 Å². The number of carbonyl (C=O) groups is 2. The lowest BCUT2D eigenvalue weighted by Gasteiger charge is -2.21. The van der Waals surface area contributed by atoms with Gasteiger partial charge in [0.25, 0.3) is 5.91 Å². The fourth-order valence-corrected chi connectivity index (χ4v) is 3.07. The highest BCUT2D eigenvalue weighted by molar-refractivity contribution is 7.89.